The summed E-state index contributed by atoms with van der Waals surface area (Å²) in [5.74, 6) is -0.654. The Kier molecular flexibility index (Phi) is 4.90. The summed E-state index contributed by atoms with van der Waals surface area (Å²) in [5, 5.41) is 2.67. The summed E-state index contributed by atoms with van der Waals surface area (Å²) in [6, 6.07) is 4.58. The van der Waals surface area contributed by atoms with Crippen LogP contribution >= 0.6 is 0 Å². The predicted octanol–water partition coefficient (Wildman–Crippen LogP) is 1.10. The van der Waals surface area contributed by atoms with Gasteiger partial charge in [-0.05, 0) is 30.4 Å². The van der Waals surface area contributed by atoms with Crippen molar-refractivity contribution in [1.82, 2.24) is 4.90 Å². The van der Waals surface area contributed by atoms with Crippen molar-refractivity contribution < 1.29 is 22.3 Å². The molecule has 8 nitrogen and oxygen atoms in total. The fraction of sp³-hybridized carbons (Fsp3) is 0.333. The summed E-state index contributed by atoms with van der Waals surface area (Å²) in [5.41, 5.74) is 1.15. The van der Waals surface area contributed by atoms with Crippen molar-refractivity contribution in [2.24, 2.45) is 4.40 Å². The molecule has 1 aromatic carbocycles. The van der Waals surface area contributed by atoms with Gasteiger partial charge in [0.1, 0.15) is 11.7 Å². The quantitative estimate of drug-likeness (QED) is 0.808. The average Bonchev–Trinajstić information content (AvgIpc) is 2.67. The minimum absolute atomic E-state index is 0.107. The lowest BCUT2D eigenvalue weighted by atomic mass is 10.1. The third-order valence-corrected chi connectivity index (χ3v) is 5.81. The number of nitrogens with zero attached hydrogens (tertiary/aromatic N) is 3. The molecule has 3 aliphatic heterocycles. The highest BCUT2D eigenvalue weighted by Gasteiger charge is 2.25. The number of hydrogen-bond donors (Lipinski definition) is 1. The third-order valence-electron chi connectivity index (χ3n) is 4.64. The number of amidine groups is 1. The zero-order valence-corrected chi connectivity index (χ0v) is 15.8. The number of amides is 1. The maximum atomic E-state index is 14.5. The van der Waals surface area contributed by atoms with E-state index in [0.717, 1.165) is 0 Å². The van der Waals surface area contributed by atoms with Crippen LogP contribution in [-0.2, 0) is 19.6 Å². The monoisotopic (exact) mass is 406 g/mol. The molecule has 148 valence electrons. The minimum atomic E-state index is -3.45. The van der Waals surface area contributed by atoms with Gasteiger partial charge in [0.05, 0.1) is 30.2 Å². The molecule has 1 amide bonds. The number of ether oxygens (including phenoxy) is 1. The number of sulfonamides is 1. The first-order valence-electron chi connectivity index (χ1n) is 8.84. The van der Waals surface area contributed by atoms with Gasteiger partial charge in [0, 0.05) is 31.5 Å². The number of carbonyl (C=O) groups is 1. The van der Waals surface area contributed by atoms with Crippen molar-refractivity contribution in [1.29, 1.82) is 0 Å². The second-order valence-electron chi connectivity index (χ2n) is 6.57. The fourth-order valence-electron chi connectivity index (χ4n) is 3.18. The molecule has 3 aliphatic rings. The molecule has 0 aliphatic carbocycles. The van der Waals surface area contributed by atoms with Gasteiger partial charge >= 0.3 is 0 Å². The molecule has 0 spiro atoms. The normalized spacial score (nSPS) is 20.9. The van der Waals surface area contributed by atoms with Crippen molar-refractivity contribution in [3.8, 4) is 0 Å². The van der Waals surface area contributed by atoms with Gasteiger partial charge in [-0.25, -0.2) is 12.8 Å². The van der Waals surface area contributed by atoms with E-state index in [4.69, 9.17) is 4.74 Å². The van der Waals surface area contributed by atoms with E-state index in [1.807, 2.05) is 4.90 Å². The summed E-state index contributed by atoms with van der Waals surface area (Å²) >= 11 is 0. The summed E-state index contributed by atoms with van der Waals surface area (Å²) in [6.45, 7) is 2.58. The Labute approximate surface area is 162 Å². The first-order chi connectivity index (χ1) is 13.4. The van der Waals surface area contributed by atoms with Crippen molar-refractivity contribution in [2.45, 2.75) is 0 Å². The zero-order chi connectivity index (χ0) is 19.7. The van der Waals surface area contributed by atoms with Gasteiger partial charge in [-0.2, -0.15) is 0 Å². The average molecular weight is 406 g/mol. The second kappa shape index (κ2) is 7.36. The number of benzene rings is 1. The van der Waals surface area contributed by atoms with Crippen molar-refractivity contribution >= 4 is 33.1 Å². The Morgan fingerprint density at radius 1 is 1.18 bits per heavy atom. The molecule has 0 saturated carbocycles. The van der Waals surface area contributed by atoms with Crippen LogP contribution in [0, 0.1) is 5.82 Å². The van der Waals surface area contributed by atoms with Gasteiger partial charge in [0.2, 0.25) is 0 Å². The Morgan fingerprint density at radius 3 is 2.71 bits per heavy atom. The first-order valence-corrected chi connectivity index (χ1v) is 10.4. The van der Waals surface area contributed by atoms with Crippen LogP contribution in [0.5, 0.6) is 0 Å². The van der Waals surface area contributed by atoms with Gasteiger partial charge in [-0.1, -0.05) is 0 Å². The van der Waals surface area contributed by atoms with Gasteiger partial charge in [-0.3, -0.25) is 4.79 Å². The molecular weight excluding hydrogens is 387 g/mol. The van der Waals surface area contributed by atoms with Gasteiger partial charge < -0.3 is 19.9 Å². The highest BCUT2D eigenvalue weighted by Crippen LogP contribution is 2.24. The number of nitrogens with one attached hydrogen (secondary N) is 1. The van der Waals surface area contributed by atoms with Crippen molar-refractivity contribution in [3.63, 3.8) is 0 Å². The van der Waals surface area contributed by atoms with Crippen LogP contribution in [0.1, 0.15) is 0 Å². The molecule has 0 atom stereocenters. The minimum Gasteiger partial charge on any atom is -0.378 e. The second-order valence-corrected chi connectivity index (χ2v) is 8.32. The molecule has 1 fully saturated rings. The third kappa shape index (κ3) is 3.92. The molecule has 1 aromatic rings. The van der Waals surface area contributed by atoms with Crippen LogP contribution in [0.2, 0.25) is 0 Å². The highest BCUT2D eigenvalue weighted by molar-refractivity contribution is 7.90. The number of carbonyl (C=O) groups excluding carboxylic acids is 1. The first kappa shape index (κ1) is 18.6. The van der Waals surface area contributed by atoms with Crippen molar-refractivity contribution in [3.05, 3.63) is 47.9 Å². The Morgan fingerprint density at radius 2 is 1.96 bits per heavy atom. The highest BCUT2D eigenvalue weighted by atomic mass is 32.2. The zero-order valence-electron chi connectivity index (χ0n) is 15.0. The summed E-state index contributed by atoms with van der Waals surface area (Å²) < 4.78 is 46.5. The lowest BCUT2D eigenvalue weighted by molar-refractivity contribution is -0.112. The van der Waals surface area contributed by atoms with E-state index in [-0.39, 0.29) is 18.1 Å². The van der Waals surface area contributed by atoms with Crippen LogP contribution in [0.4, 0.5) is 15.8 Å². The van der Waals surface area contributed by atoms with Gasteiger partial charge in [0.15, 0.2) is 0 Å². The molecule has 10 heteroatoms. The Bertz CT molecular complexity index is 997. The Balaban J connectivity index is 1.46. The van der Waals surface area contributed by atoms with E-state index in [0.29, 0.717) is 43.3 Å². The van der Waals surface area contributed by atoms with Crippen molar-refractivity contribution in [2.75, 3.05) is 48.8 Å². The van der Waals surface area contributed by atoms with E-state index >= 15 is 0 Å². The molecule has 3 heterocycles. The number of anilines is 2. The topological polar surface area (TPSA) is 91.3 Å². The van der Waals surface area contributed by atoms with E-state index in [2.05, 4.69) is 9.71 Å². The summed E-state index contributed by atoms with van der Waals surface area (Å²) in [6.07, 6.45) is 4.51. The van der Waals surface area contributed by atoms with E-state index in [1.165, 1.54) is 18.2 Å². The maximum absolute atomic E-state index is 14.5. The molecular formula is C18H19FN4O4S. The van der Waals surface area contributed by atoms with Crippen LogP contribution < -0.4 is 10.2 Å². The summed E-state index contributed by atoms with van der Waals surface area (Å²) in [4.78, 5) is 16.0. The van der Waals surface area contributed by atoms with Gasteiger partial charge in [0.25, 0.3) is 15.9 Å². The number of rotatable bonds is 3. The molecule has 1 saturated heterocycles. The Hall–Kier alpha value is -2.72. The molecule has 28 heavy (non-hydrogen) atoms. The SMILES string of the molecule is O=C(Nc1ccc(N2CCOCC2)c(F)c1)C1=CN2CCS(=O)(=O)N=C2C=C1. The number of morpholine rings is 1. The van der Waals surface area contributed by atoms with Crippen LogP contribution in [0.3, 0.4) is 0 Å². The number of fused-ring (bicyclic) bond motifs is 1. The molecule has 0 unspecified atom stereocenters. The van der Waals surface area contributed by atoms with E-state index in [9.17, 15) is 17.6 Å². The standard InChI is InChI=1S/C18H19FN4O4S/c19-15-11-14(2-3-16(15)22-5-8-27-9-6-22)20-18(24)13-1-4-17-21-28(25,26)10-7-23(17)12-13/h1-4,11-12H,5-10H2,(H,20,24). The fourth-order valence-corrected chi connectivity index (χ4v) is 4.15. The van der Waals surface area contributed by atoms with Gasteiger partial charge in [-0.15, -0.1) is 4.40 Å². The lowest BCUT2D eigenvalue weighted by Gasteiger charge is -2.29. The van der Waals surface area contributed by atoms with E-state index in [1.54, 1.807) is 23.2 Å². The molecule has 1 N–H and O–H groups in total. The molecule has 0 radical (unpaired) electrons. The van der Waals surface area contributed by atoms with E-state index < -0.39 is 21.7 Å². The number of hydrogen-bond acceptors (Lipinski definition) is 6. The van der Waals surface area contributed by atoms with Crippen LogP contribution in [0.15, 0.2) is 46.5 Å². The molecule has 0 bridgehead atoms. The summed E-state index contributed by atoms with van der Waals surface area (Å²) in [7, 11) is -3.45. The predicted molar refractivity (Wildman–Crippen MR) is 103 cm³/mol. The molecule has 4 rings (SSSR count). The smallest absolute Gasteiger partial charge is 0.257 e. The number of halogens is 1. The lowest BCUT2D eigenvalue weighted by Crippen LogP contribution is -2.37. The maximum Gasteiger partial charge on any atom is 0.257 e. The van der Waals surface area contributed by atoms with Crippen LogP contribution in [-0.4, -0.2) is 63.7 Å². The molecule has 0 aromatic heterocycles. The van der Waals surface area contributed by atoms with Crippen LogP contribution in [0.25, 0.3) is 0 Å². The largest absolute Gasteiger partial charge is 0.378 e.